The molecule has 0 aromatic heterocycles. The van der Waals surface area contributed by atoms with E-state index in [1.807, 2.05) is 37.3 Å². The summed E-state index contributed by atoms with van der Waals surface area (Å²) in [5.74, 6) is 0.831. The molecule has 0 atom stereocenters. The number of hydrogen-bond acceptors (Lipinski definition) is 6. The van der Waals surface area contributed by atoms with Crippen molar-refractivity contribution in [2.24, 2.45) is 0 Å². The number of imide groups is 1. The minimum atomic E-state index is -0.295. The molecule has 0 radical (unpaired) electrons. The molecule has 0 N–H and O–H groups in total. The number of nitrogens with zero attached hydrogens (tertiary/aromatic N) is 1. The van der Waals surface area contributed by atoms with E-state index in [-0.39, 0.29) is 11.1 Å². The summed E-state index contributed by atoms with van der Waals surface area (Å²) < 4.78 is 17.2. The van der Waals surface area contributed by atoms with Crippen LogP contribution in [0.3, 0.4) is 0 Å². The largest absolute Gasteiger partial charge is 0.493 e. The van der Waals surface area contributed by atoms with Crippen molar-refractivity contribution in [2.75, 3.05) is 27.4 Å². The third-order valence-electron chi connectivity index (χ3n) is 4.69. The zero-order chi connectivity index (χ0) is 22.4. The number of aryl methyl sites for hydroxylation is 1. The van der Waals surface area contributed by atoms with Gasteiger partial charge in [0.25, 0.3) is 11.1 Å². The van der Waals surface area contributed by atoms with Crippen molar-refractivity contribution in [3.05, 3.63) is 62.5 Å². The van der Waals surface area contributed by atoms with E-state index >= 15 is 0 Å². The summed E-state index contributed by atoms with van der Waals surface area (Å²) in [6, 6.07) is 11.7. The Balaban J connectivity index is 1.77. The summed E-state index contributed by atoms with van der Waals surface area (Å²) in [6.07, 6.45) is 2.30. The Kier molecular flexibility index (Phi) is 8.17. The zero-order valence-corrected chi connectivity index (χ0v) is 20.0. The maximum Gasteiger partial charge on any atom is 0.293 e. The van der Waals surface area contributed by atoms with Crippen LogP contribution in [-0.4, -0.2) is 43.4 Å². The molecular weight excluding hydrogens is 482 g/mol. The van der Waals surface area contributed by atoms with E-state index in [1.165, 1.54) is 10.5 Å². The standard InChI is InChI=1S/C23H24BrNO5S/c1-15-5-7-16(8-6-15)14-30-20-13-18(24)17(11-19(20)29-3)12-21-22(26)25(23(27)31-21)9-4-10-28-2/h5-8,11-13H,4,9-10,14H2,1-3H3/b21-12+. The molecule has 1 heterocycles. The molecule has 0 saturated carbocycles. The highest BCUT2D eigenvalue weighted by atomic mass is 79.9. The zero-order valence-electron chi connectivity index (χ0n) is 17.6. The van der Waals surface area contributed by atoms with Crippen LogP contribution in [0.5, 0.6) is 11.5 Å². The molecule has 1 aliphatic heterocycles. The second-order valence-corrected chi connectivity index (χ2v) is 8.83. The third-order valence-corrected chi connectivity index (χ3v) is 6.28. The first-order valence-corrected chi connectivity index (χ1v) is 11.3. The lowest BCUT2D eigenvalue weighted by atomic mass is 10.1. The highest BCUT2D eigenvalue weighted by Crippen LogP contribution is 2.38. The van der Waals surface area contributed by atoms with Gasteiger partial charge in [-0.2, -0.15) is 0 Å². The fourth-order valence-corrected chi connectivity index (χ4v) is 4.27. The highest BCUT2D eigenvalue weighted by molar-refractivity contribution is 9.10. The monoisotopic (exact) mass is 505 g/mol. The number of benzene rings is 2. The van der Waals surface area contributed by atoms with Gasteiger partial charge in [0.2, 0.25) is 0 Å². The molecule has 6 nitrogen and oxygen atoms in total. The number of carbonyl (C=O) groups is 2. The molecule has 164 valence electrons. The van der Waals surface area contributed by atoms with Gasteiger partial charge in [0.1, 0.15) is 6.61 Å². The SMILES string of the molecule is COCCCN1C(=O)S/C(=C/c2cc(OC)c(OCc3ccc(C)cc3)cc2Br)C1=O. The molecule has 8 heteroatoms. The number of methoxy groups -OCH3 is 2. The maximum atomic E-state index is 12.6. The van der Waals surface area contributed by atoms with Crippen molar-refractivity contribution in [3.8, 4) is 11.5 Å². The molecule has 0 unspecified atom stereocenters. The lowest BCUT2D eigenvalue weighted by molar-refractivity contribution is -0.122. The van der Waals surface area contributed by atoms with Gasteiger partial charge in [0.15, 0.2) is 11.5 Å². The second kappa shape index (κ2) is 10.8. The Bertz CT molecular complexity index is 990. The Labute approximate surface area is 194 Å². The van der Waals surface area contributed by atoms with Gasteiger partial charge in [-0.25, -0.2) is 0 Å². The first kappa shape index (κ1) is 23.4. The Morgan fingerprint density at radius 1 is 1.10 bits per heavy atom. The molecular formula is C23H24BrNO5S. The molecule has 1 fully saturated rings. The number of halogens is 1. The lowest BCUT2D eigenvalue weighted by Crippen LogP contribution is -2.29. The van der Waals surface area contributed by atoms with E-state index in [2.05, 4.69) is 15.9 Å². The van der Waals surface area contributed by atoms with Gasteiger partial charge in [-0.1, -0.05) is 45.8 Å². The van der Waals surface area contributed by atoms with E-state index in [4.69, 9.17) is 14.2 Å². The minimum Gasteiger partial charge on any atom is -0.493 e. The van der Waals surface area contributed by atoms with Crippen molar-refractivity contribution in [1.29, 1.82) is 0 Å². The smallest absolute Gasteiger partial charge is 0.293 e. The summed E-state index contributed by atoms with van der Waals surface area (Å²) in [7, 11) is 3.15. The van der Waals surface area contributed by atoms with Crippen molar-refractivity contribution < 1.29 is 23.8 Å². The van der Waals surface area contributed by atoms with Crippen LogP contribution >= 0.6 is 27.7 Å². The van der Waals surface area contributed by atoms with Crippen LogP contribution in [0.25, 0.3) is 6.08 Å². The molecule has 2 aromatic carbocycles. The quantitative estimate of drug-likeness (QED) is 0.335. The molecule has 2 amide bonds. The van der Waals surface area contributed by atoms with Gasteiger partial charge in [0, 0.05) is 24.7 Å². The predicted molar refractivity (Wildman–Crippen MR) is 125 cm³/mol. The van der Waals surface area contributed by atoms with Gasteiger partial charge in [-0.3, -0.25) is 14.5 Å². The van der Waals surface area contributed by atoms with Gasteiger partial charge >= 0.3 is 0 Å². The number of carbonyl (C=O) groups excluding carboxylic acids is 2. The second-order valence-electron chi connectivity index (χ2n) is 6.98. The van der Waals surface area contributed by atoms with Crippen LogP contribution in [0, 0.1) is 6.92 Å². The van der Waals surface area contributed by atoms with Crippen molar-refractivity contribution >= 4 is 44.9 Å². The van der Waals surface area contributed by atoms with Gasteiger partial charge in [-0.05, 0) is 54.4 Å². The topological polar surface area (TPSA) is 65.1 Å². The molecule has 0 aliphatic carbocycles. The van der Waals surface area contributed by atoms with Crippen LogP contribution in [-0.2, 0) is 16.1 Å². The van der Waals surface area contributed by atoms with Crippen molar-refractivity contribution in [3.63, 3.8) is 0 Å². The Morgan fingerprint density at radius 3 is 2.52 bits per heavy atom. The predicted octanol–water partition coefficient (Wildman–Crippen LogP) is 5.42. The minimum absolute atomic E-state index is 0.270. The van der Waals surface area contributed by atoms with E-state index in [1.54, 1.807) is 26.4 Å². The molecule has 3 rings (SSSR count). The third kappa shape index (κ3) is 5.90. The summed E-state index contributed by atoms with van der Waals surface area (Å²) in [5.41, 5.74) is 2.97. The fraction of sp³-hybridized carbons (Fsp3) is 0.304. The number of amides is 2. The average Bonchev–Trinajstić information content (AvgIpc) is 3.02. The summed E-state index contributed by atoms with van der Waals surface area (Å²) in [4.78, 5) is 26.5. The Morgan fingerprint density at radius 2 is 1.84 bits per heavy atom. The number of thioether (sulfide) groups is 1. The van der Waals surface area contributed by atoms with Crippen molar-refractivity contribution in [2.45, 2.75) is 20.0 Å². The molecule has 0 bridgehead atoms. The molecule has 1 aliphatic rings. The van der Waals surface area contributed by atoms with Gasteiger partial charge in [0.05, 0.1) is 12.0 Å². The normalized spacial score (nSPS) is 15.1. The van der Waals surface area contributed by atoms with E-state index in [0.29, 0.717) is 42.6 Å². The maximum absolute atomic E-state index is 12.6. The van der Waals surface area contributed by atoms with Crippen LogP contribution in [0.4, 0.5) is 4.79 Å². The van der Waals surface area contributed by atoms with Crippen LogP contribution in [0.15, 0.2) is 45.8 Å². The number of hydrogen-bond donors (Lipinski definition) is 0. The van der Waals surface area contributed by atoms with E-state index in [0.717, 1.165) is 27.4 Å². The molecule has 0 spiro atoms. The van der Waals surface area contributed by atoms with Crippen LogP contribution in [0.2, 0.25) is 0 Å². The van der Waals surface area contributed by atoms with Crippen molar-refractivity contribution in [1.82, 2.24) is 4.90 Å². The highest BCUT2D eigenvalue weighted by Gasteiger charge is 2.34. The molecule has 1 saturated heterocycles. The molecule has 2 aromatic rings. The van der Waals surface area contributed by atoms with E-state index in [9.17, 15) is 9.59 Å². The Hall–Kier alpha value is -2.29. The average molecular weight is 506 g/mol. The summed E-state index contributed by atoms with van der Waals surface area (Å²) >= 11 is 4.47. The van der Waals surface area contributed by atoms with Crippen LogP contribution < -0.4 is 9.47 Å². The number of rotatable bonds is 9. The summed E-state index contributed by atoms with van der Waals surface area (Å²) in [6.45, 7) is 3.28. The first-order valence-electron chi connectivity index (χ1n) is 9.73. The molecule has 31 heavy (non-hydrogen) atoms. The number of ether oxygens (including phenoxy) is 3. The fourth-order valence-electron chi connectivity index (χ4n) is 2.98. The first-order chi connectivity index (χ1) is 14.9. The summed E-state index contributed by atoms with van der Waals surface area (Å²) in [5, 5.41) is -0.270. The van der Waals surface area contributed by atoms with Crippen LogP contribution in [0.1, 0.15) is 23.1 Å². The van der Waals surface area contributed by atoms with E-state index < -0.39 is 0 Å². The van der Waals surface area contributed by atoms with Gasteiger partial charge < -0.3 is 14.2 Å². The lowest BCUT2D eigenvalue weighted by Gasteiger charge is -2.13. The van der Waals surface area contributed by atoms with Gasteiger partial charge in [-0.15, -0.1) is 0 Å².